The van der Waals surface area contributed by atoms with Crippen molar-refractivity contribution in [2.24, 2.45) is 0 Å². The molecule has 0 unspecified atom stereocenters. The van der Waals surface area contributed by atoms with E-state index in [0.717, 1.165) is 6.07 Å². The summed E-state index contributed by atoms with van der Waals surface area (Å²) < 4.78 is 40.5. The molecule has 0 fully saturated rings. The molecule has 0 aliphatic rings. The zero-order chi connectivity index (χ0) is 19.4. The minimum Gasteiger partial charge on any atom is -0.322 e. The number of carbonyl (C=O) groups excluding carboxylic acids is 1. The van der Waals surface area contributed by atoms with E-state index in [4.69, 9.17) is 11.6 Å². The van der Waals surface area contributed by atoms with Crippen molar-refractivity contribution in [2.75, 3.05) is 10.0 Å². The number of anilines is 2. The number of benzene rings is 3. The third-order valence-electron chi connectivity index (χ3n) is 3.59. The number of nitrogens with one attached hydrogen (secondary N) is 2. The van der Waals surface area contributed by atoms with Gasteiger partial charge in [-0.05, 0) is 60.7 Å². The SMILES string of the molecule is O=C(Nc1ccc(Cl)cc1)c1cccc(S(=O)(=O)Nc2cccc(F)c2)c1. The predicted molar refractivity (Wildman–Crippen MR) is 103 cm³/mol. The van der Waals surface area contributed by atoms with Crippen LogP contribution in [0.5, 0.6) is 0 Å². The lowest BCUT2D eigenvalue weighted by Crippen LogP contribution is -2.16. The first-order valence-corrected chi connectivity index (χ1v) is 9.65. The van der Waals surface area contributed by atoms with Crippen LogP contribution in [0.2, 0.25) is 5.02 Å². The summed E-state index contributed by atoms with van der Waals surface area (Å²) in [6.45, 7) is 0. The first-order chi connectivity index (χ1) is 12.8. The number of hydrogen-bond donors (Lipinski definition) is 2. The molecule has 0 aliphatic heterocycles. The Balaban J connectivity index is 1.81. The molecular weight excluding hydrogens is 391 g/mol. The van der Waals surface area contributed by atoms with E-state index in [9.17, 15) is 17.6 Å². The lowest BCUT2D eigenvalue weighted by Gasteiger charge is -2.10. The molecule has 0 heterocycles. The van der Waals surface area contributed by atoms with Crippen molar-refractivity contribution in [3.8, 4) is 0 Å². The average molecular weight is 405 g/mol. The van der Waals surface area contributed by atoms with Gasteiger partial charge in [0.1, 0.15) is 5.82 Å². The molecule has 0 saturated carbocycles. The molecule has 0 radical (unpaired) electrons. The summed E-state index contributed by atoms with van der Waals surface area (Å²) in [5, 5.41) is 3.19. The molecule has 2 N–H and O–H groups in total. The molecule has 0 spiro atoms. The quantitative estimate of drug-likeness (QED) is 0.655. The van der Waals surface area contributed by atoms with Crippen LogP contribution in [0, 0.1) is 5.82 Å². The summed E-state index contributed by atoms with van der Waals surface area (Å²) in [5.41, 5.74) is 0.772. The van der Waals surface area contributed by atoms with Crippen LogP contribution in [0.25, 0.3) is 0 Å². The van der Waals surface area contributed by atoms with Crippen molar-refractivity contribution < 1.29 is 17.6 Å². The average Bonchev–Trinajstić information content (AvgIpc) is 2.63. The van der Waals surface area contributed by atoms with Gasteiger partial charge in [0.05, 0.1) is 10.6 Å². The number of carbonyl (C=O) groups is 1. The minimum absolute atomic E-state index is 0.0889. The second-order valence-corrected chi connectivity index (χ2v) is 7.72. The van der Waals surface area contributed by atoms with Gasteiger partial charge in [0, 0.05) is 16.3 Å². The molecule has 5 nitrogen and oxygen atoms in total. The highest BCUT2D eigenvalue weighted by Gasteiger charge is 2.17. The summed E-state index contributed by atoms with van der Waals surface area (Å²) >= 11 is 5.80. The van der Waals surface area contributed by atoms with Gasteiger partial charge in [0.15, 0.2) is 0 Å². The second-order valence-electron chi connectivity index (χ2n) is 5.60. The first-order valence-electron chi connectivity index (χ1n) is 7.79. The van der Waals surface area contributed by atoms with Gasteiger partial charge < -0.3 is 5.32 Å². The highest BCUT2D eigenvalue weighted by atomic mass is 35.5. The van der Waals surface area contributed by atoms with Crippen LogP contribution in [0.1, 0.15) is 10.4 Å². The molecule has 0 aliphatic carbocycles. The molecule has 138 valence electrons. The van der Waals surface area contributed by atoms with Crippen LogP contribution in [0.4, 0.5) is 15.8 Å². The zero-order valence-corrected chi connectivity index (χ0v) is 15.4. The fraction of sp³-hybridized carbons (Fsp3) is 0. The first kappa shape index (κ1) is 18.9. The van der Waals surface area contributed by atoms with Crippen LogP contribution in [0.3, 0.4) is 0 Å². The lowest BCUT2D eigenvalue weighted by atomic mass is 10.2. The topological polar surface area (TPSA) is 75.3 Å². The fourth-order valence-electron chi connectivity index (χ4n) is 2.31. The number of rotatable bonds is 5. The molecule has 0 bridgehead atoms. The molecule has 0 saturated heterocycles. The molecule has 1 amide bonds. The highest BCUT2D eigenvalue weighted by molar-refractivity contribution is 7.92. The van der Waals surface area contributed by atoms with E-state index in [2.05, 4.69) is 10.0 Å². The molecule has 8 heteroatoms. The van der Waals surface area contributed by atoms with Crippen molar-refractivity contribution in [1.29, 1.82) is 0 Å². The maximum atomic E-state index is 13.3. The van der Waals surface area contributed by atoms with E-state index < -0.39 is 21.7 Å². The monoisotopic (exact) mass is 404 g/mol. The number of halogens is 2. The predicted octanol–water partition coefficient (Wildman–Crippen LogP) is 4.53. The molecule has 3 aromatic carbocycles. The van der Waals surface area contributed by atoms with E-state index in [1.54, 1.807) is 24.3 Å². The van der Waals surface area contributed by atoms with Crippen LogP contribution in [-0.4, -0.2) is 14.3 Å². The molecular formula is C19H14ClFN2O3S. The fourth-order valence-corrected chi connectivity index (χ4v) is 3.53. The normalized spacial score (nSPS) is 11.0. The van der Waals surface area contributed by atoms with Gasteiger partial charge in [0.2, 0.25) is 0 Å². The third kappa shape index (κ3) is 4.84. The van der Waals surface area contributed by atoms with E-state index in [1.165, 1.54) is 42.5 Å². The molecule has 27 heavy (non-hydrogen) atoms. The van der Waals surface area contributed by atoms with Crippen molar-refractivity contribution >= 4 is 38.9 Å². The van der Waals surface area contributed by atoms with Crippen LogP contribution >= 0.6 is 11.6 Å². The molecule has 0 atom stereocenters. The van der Waals surface area contributed by atoms with Gasteiger partial charge in [-0.1, -0.05) is 23.7 Å². The maximum absolute atomic E-state index is 13.3. The Bertz CT molecular complexity index is 1090. The van der Waals surface area contributed by atoms with Gasteiger partial charge >= 0.3 is 0 Å². The maximum Gasteiger partial charge on any atom is 0.261 e. The van der Waals surface area contributed by atoms with Crippen LogP contribution < -0.4 is 10.0 Å². The van der Waals surface area contributed by atoms with E-state index in [-0.39, 0.29) is 16.1 Å². The Morgan fingerprint density at radius 1 is 0.889 bits per heavy atom. The Hall–Kier alpha value is -2.90. The number of amides is 1. The van der Waals surface area contributed by atoms with Crippen LogP contribution in [-0.2, 0) is 10.0 Å². The Morgan fingerprint density at radius 2 is 1.59 bits per heavy atom. The van der Waals surface area contributed by atoms with Crippen molar-refractivity contribution in [3.63, 3.8) is 0 Å². The van der Waals surface area contributed by atoms with Crippen molar-refractivity contribution in [1.82, 2.24) is 0 Å². The standard InChI is InChI=1S/C19H14ClFN2O3S/c20-14-7-9-16(10-8-14)22-19(24)13-3-1-6-18(11-13)27(25,26)23-17-5-2-4-15(21)12-17/h1-12,23H,(H,22,24). The Labute approximate surface area is 160 Å². The smallest absolute Gasteiger partial charge is 0.261 e. The summed E-state index contributed by atoms with van der Waals surface area (Å²) in [5.74, 6) is -1.04. The lowest BCUT2D eigenvalue weighted by molar-refractivity contribution is 0.102. The molecule has 0 aromatic heterocycles. The van der Waals surface area contributed by atoms with Gasteiger partial charge in [-0.15, -0.1) is 0 Å². The third-order valence-corrected chi connectivity index (χ3v) is 5.22. The number of sulfonamides is 1. The largest absolute Gasteiger partial charge is 0.322 e. The summed E-state index contributed by atoms with van der Waals surface area (Å²) in [7, 11) is -3.98. The van der Waals surface area contributed by atoms with Crippen molar-refractivity contribution in [2.45, 2.75) is 4.90 Å². The van der Waals surface area contributed by atoms with E-state index >= 15 is 0 Å². The van der Waals surface area contributed by atoms with Gasteiger partial charge in [-0.3, -0.25) is 9.52 Å². The van der Waals surface area contributed by atoms with Gasteiger partial charge in [0.25, 0.3) is 15.9 Å². The van der Waals surface area contributed by atoms with Gasteiger partial charge in [-0.25, -0.2) is 12.8 Å². The van der Waals surface area contributed by atoms with Gasteiger partial charge in [-0.2, -0.15) is 0 Å². The second kappa shape index (κ2) is 7.77. The molecule has 3 aromatic rings. The van der Waals surface area contributed by atoms with E-state index in [1.807, 2.05) is 0 Å². The number of hydrogen-bond acceptors (Lipinski definition) is 3. The summed E-state index contributed by atoms with van der Waals surface area (Å²) in [6.07, 6.45) is 0. The summed E-state index contributed by atoms with van der Waals surface area (Å²) in [6, 6.07) is 17.1. The summed E-state index contributed by atoms with van der Waals surface area (Å²) in [4.78, 5) is 12.3. The molecule has 3 rings (SSSR count). The Morgan fingerprint density at radius 3 is 2.30 bits per heavy atom. The van der Waals surface area contributed by atoms with Crippen molar-refractivity contribution in [3.05, 3.63) is 89.2 Å². The minimum atomic E-state index is -3.98. The van der Waals surface area contributed by atoms with E-state index in [0.29, 0.717) is 10.7 Å². The zero-order valence-electron chi connectivity index (χ0n) is 13.8. The van der Waals surface area contributed by atoms with Crippen LogP contribution in [0.15, 0.2) is 77.7 Å². The Kier molecular flexibility index (Phi) is 5.43. The highest BCUT2D eigenvalue weighted by Crippen LogP contribution is 2.19.